The maximum atomic E-state index is 12.7. The molecule has 0 saturated heterocycles. The molecule has 22 heavy (non-hydrogen) atoms. The number of hydrogen-bond donors (Lipinski definition) is 1. The van der Waals surface area contributed by atoms with Crippen LogP contribution in [0.3, 0.4) is 0 Å². The maximum Gasteiger partial charge on any atom is 0.257 e. The van der Waals surface area contributed by atoms with Crippen LogP contribution in [-0.2, 0) is 6.54 Å². The first-order chi connectivity index (χ1) is 10.7. The quantitative estimate of drug-likeness (QED) is 0.753. The molecular weight excluding hydrogens is 283 g/mol. The van der Waals surface area contributed by atoms with Gasteiger partial charge in [0.05, 0.1) is 24.0 Å². The summed E-state index contributed by atoms with van der Waals surface area (Å²) in [5.41, 5.74) is 1.98. The van der Waals surface area contributed by atoms with E-state index in [0.717, 1.165) is 11.6 Å². The molecule has 0 aliphatic carbocycles. The van der Waals surface area contributed by atoms with E-state index in [4.69, 9.17) is 0 Å². The van der Waals surface area contributed by atoms with Crippen LogP contribution in [0.4, 0.5) is 10.1 Å². The minimum absolute atomic E-state index is 0.289. The first kappa shape index (κ1) is 13.9. The monoisotopic (exact) mass is 296 g/mol. The van der Waals surface area contributed by atoms with E-state index in [2.05, 4.69) is 15.4 Å². The standard InChI is InChI=1S/C16H13FN4O/c17-15-7-6-13(8-18-15)16(22)20-14-9-19-21(11-14)10-12-4-2-1-3-5-12/h1-9,11H,10H2,(H,20,22). The third-order valence-electron chi connectivity index (χ3n) is 3.07. The number of carbonyl (C=O) groups excluding carboxylic acids is 1. The van der Waals surface area contributed by atoms with Crippen LogP contribution in [0.25, 0.3) is 0 Å². The van der Waals surface area contributed by atoms with Crippen LogP contribution in [0, 0.1) is 5.95 Å². The number of halogens is 1. The summed E-state index contributed by atoms with van der Waals surface area (Å²) in [7, 11) is 0. The fourth-order valence-electron chi connectivity index (χ4n) is 2.00. The Morgan fingerprint density at radius 3 is 2.68 bits per heavy atom. The average molecular weight is 296 g/mol. The molecule has 0 atom stereocenters. The molecule has 1 aromatic carbocycles. The van der Waals surface area contributed by atoms with Crippen LogP contribution >= 0.6 is 0 Å². The second-order valence-electron chi connectivity index (χ2n) is 4.74. The third kappa shape index (κ3) is 3.35. The van der Waals surface area contributed by atoms with E-state index in [0.29, 0.717) is 12.2 Å². The van der Waals surface area contributed by atoms with Crippen molar-refractivity contribution in [2.45, 2.75) is 6.54 Å². The Kier molecular flexibility index (Phi) is 3.91. The lowest BCUT2D eigenvalue weighted by atomic mass is 10.2. The molecule has 2 aromatic heterocycles. The number of aromatic nitrogens is 3. The highest BCUT2D eigenvalue weighted by molar-refractivity contribution is 6.03. The largest absolute Gasteiger partial charge is 0.319 e. The van der Waals surface area contributed by atoms with Gasteiger partial charge in [0.1, 0.15) is 0 Å². The van der Waals surface area contributed by atoms with Gasteiger partial charge in [-0.2, -0.15) is 9.49 Å². The highest BCUT2D eigenvalue weighted by atomic mass is 19.1. The molecule has 1 N–H and O–H groups in total. The Balaban J connectivity index is 1.66. The molecule has 110 valence electrons. The fraction of sp³-hybridized carbons (Fsp3) is 0.0625. The number of anilines is 1. The summed E-state index contributed by atoms with van der Waals surface area (Å²) in [6.45, 7) is 0.620. The molecule has 0 aliphatic rings. The molecule has 6 heteroatoms. The fourth-order valence-corrected chi connectivity index (χ4v) is 2.00. The van der Waals surface area contributed by atoms with Crippen molar-refractivity contribution >= 4 is 11.6 Å². The number of pyridine rings is 1. The Bertz CT molecular complexity index is 768. The topological polar surface area (TPSA) is 59.8 Å². The zero-order valence-corrected chi connectivity index (χ0v) is 11.6. The van der Waals surface area contributed by atoms with Gasteiger partial charge in [-0.05, 0) is 17.7 Å². The van der Waals surface area contributed by atoms with Crippen LogP contribution < -0.4 is 5.32 Å². The van der Waals surface area contributed by atoms with Crippen molar-refractivity contribution in [3.63, 3.8) is 0 Å². The summed E-state index contributed by atoms with van der Waals surface area (Å²) in [4.78, 5) is 15.4. The van der Waals surface area contributed by atoms with E-state index in [9.17, 15) is 9.18 Å². The zero-order chi connectivity index (χ0) is 15.4. The molecule has 0 unspecified atom stereocenters. The van der Waals surface area contributed by atoms with Gasteiger partial charge >= 0.3 is 0 Å². The van der Waals surface area contributed by atoms with E-state index >= 15 is 0 Å². The van der Waals surface area contributed by atoms with Crippen molar-refractivity contribution in [1.82, 2.24) is 14.8 Å². The summed E-state index contributed by atoms with van der Waals surface area (Å²) >= 11 is 0. The summed E-state index contributed by atoms with van der Waals surface area (Å²) < 4.78 is 14.5. The Morgan fingerprint density at radius 1 is 1.14 bits per heavy atom. The van der Waals surface area contributed by atoms with Gasteiger partial charge in [-0.25, -0.2) is 4.98 Å². The maximum absolute atomic E-state index is 12.7. The molecule has 0 saturated carbocycles. The zero-order valence-electron chi connectivity index (χ0n) is 11.6. The number of nitrogens with one attached hydrogen (secondary N) is 1. The molecule has 3 rings (SSSR count). The Morgan fingerprint density at radius 2 is 1.95 bits per heavy atom. The van der Waals surface area contributed by atoms with Crippen LogP contribution in [0.5, 0.6) is 0 Å². The number of hydrogen-bond acceptors (Lipinski definition) is 3. The van der Waals surface area contributed by atoms with Crippen LogP contribution in [0.2, 0.25) is 0 Å². The predicted molar refractivity (Wildman–Crippen MR) is 79.9 cm³/mol. The van der Waals surface area contributed by atoms with Gasteiger partial charge in [0, 0.05) is 12.4 Å². The summed E-state index contributed by atoms with van der Waals surface area (Å²) in [6.07, 6.45) is 4.50. The minimum Gasteiger partial charge on any atom is -0.319 e. The van der Waals surface area contributed by atoms with E-state index in [1.165, 1.54) is 12.3 Å². The van der Waals surface area contributed by atoms with Crippen molar-refractivity contribution in [2.24, 2.45) is 0 Å². The van der Waals surface area contributed by atoms with Gasteiger partial charge in [-0.3, -0.25) is 9.48 Å². The first-order valence-electron chi connectivity index (χ1n) is 6.70. The molecule has 0 bridgehead atoms. The van der Waals surface area contributed by atoms with Gasteiger partial charge in [0.25, 0.3) is 5.91 Å². The van der Waals surface area contributed by atoms with Crippen LogP contribution in [0.15, 0.2) is 61.1 Å². The van der Waals surface area contributed by atoms with E-state index in [-0.39, 0.29) is 11.5 Å². The second kappa shape index (κ2) is 6.17. The first-order valence-corrected chi connectivity index (χ1v) is 6.70. The summed E-state index contributed by atoms with van der Waals surface area (Å²) in [5.74, 6) is -0.973. The number of rotatable bonds is 4. The van der Waals surface area contributed by atoms with Crippen LogP contribution in [-0.4, -0.2) is 20.7 Å². The molecule has 3 aromatic rings. The summed E-state index contributed by atoms with van der Waals surface area (Å²) in [5, 5.41) is 6.90. The third-order valence-corrected chi connectivity index (χ3v) is 3.07. The summed E-state index contributed by atoms with van der Waals surface area (Å²) in [6, 6.07) is 12.4. The van der Waals surface area contributed by atoms with Crippen molar-refractivity contribution < 1.29 is 9.18 Å². The molecule has 5 nitrogen and oxygen atoms in total. The number of carbonyl (C=O) groups is 1. The highest BCUT2D eigenvalue weighted by Gasteiger charge is 2.08. The molecular formula is C16H13FN4O. The molecule has 0 fully saturated rings. The van der Waals surface area contributed by atoms with E-state index < -0.39 is 5.95 Å². The molecule has 1 amide bonds. The number of benzene rings is 1. The number of nitrogens with zero attached hydrogens (tertiary/aromatic N) is 3. The van der Waals surface area contributed by atoms with Crippen molar-refractivity contribution in [1.29, 1.82) is 0 Å². The van der Waals surface area contributed by atoms with E-state index in [1.54, 1.807) is 17.1 Å². The van der Waals surface area contributed by atoms with Gasteiger partial charge in [-0.1, -0.05) is 30.3 Å². The minimum atomic E-state index is -0.618. The molecule has 0 aliphatic heterocycles. The van der Waals surface area contributed by atoms with Gasteiger partial charge in [0.15, 0.2) is 0 Å². The molecule has 0 spiro atoms. The highest BCUT2D eigenvalue weighted by Crippen LogP contribution is 2.10. The molecule has 0 radical (unpaired) electrons. The second-order valence-corrected chi connectivity index (χ2v) is 4.74. The van der Waals surface area contributed by atoms with E-state index in [1.807, 2.05) is 30.3 Å². The average Bonchev–Trinajstić information content (AvgIpc) is 2.96. The van der Waals surface area contributed by atoms with Crippen molar-refractivity contribution in [3.8, 4) is 0 Å². The molecule has 2 heterocycles. The SMILES string of the molecule is O=C(Nc1cnn(Cc2ccccc2)c1)c1ccc(F)nc1. The van der Waals surface area contributed by atoms with Crippen LogP contribution in [0.1, 0.15) is 15.9 Å². The van der Waals surface area contributed by atoms with Gasteiger partial charge in [-0.15, -0.1) is 0 Å². The lowest BCUT2D eigenvalue weighted by Crippen LogP contribution is -2.11. The number of amides is 1. The predicted octanol–water partition coefficient (Wildman–Crippen LogP) is 2.72. The van der Waals surface area contributed by atoms with Gasteiger partial charge < -0.3 is 5.32 Å². The lowest BCUT2D eigenvalue weighted by molar-refractivity contribution is 0.102. The van der Waals surface area contributed by atoms with Crippen molar-refractivity contribution in [3.05, 3.63) is 78.1 Å². The lowest BCUT2D eigenvalue weighted by Gasteiger charge is -2.02. The van der Waals surface area contributed by atoms with Crippen molar-refractivity contribution in [2.75, 3.05) is 5.32 Å². The van der Waals surface area contributed by atoms with Gasteiger partial charge in [0.2, 0.25) is 5.95 Å². The smallest absolute Gasteiger partial charge is 0.257 e. The Hall–Kier alpha value is -3.02. The Labute approximate surface area is 126 Å². The normalized spacial score (nSPS) is 10.4.